The molecule has 1 fully saturated rings. The van der Waals surface area contributed by atoms with Crippen molar-refractivity contribution in [2.45, 2.75) is 38.3 Å². The molecule has 1 saturated carbocycles. The zero-order valence-electron chi connectivity index (χ0n) is 7.30. The van der Waals surface area contributed by atoms with E-state index in [-0.39, 0.29) is 5.54 Å². The third kappa shape index (κ3) is 1.82. The summed E-state index contributed by atoms with van der Waals surface area (Å²) < 4.78 is 0. The Bertz CT molecular complexity index is 158. The van der Waals surface area contributed by atoms with Gasteiger partial charge in [-0.2, -0.15) is 0 Å². The summed E-state index contributed by atoms with van der Waals surface area (Å²) in [6.45, 7) is 7.89. The Morgan fingerprint density at radius 2 is 2.18 bits per heavy atom. The predicted molar refractivity (Wildman–Crippen MR) is 46.1 cm³/mol. The maximum absolute atomic E-state index is 9.50. The molecular formula is C9H17NO. The first-order valence-corrected chi connectivity index (χ1v) is 4.08. The van der Waals surface area contributed by atoms with Crippen LogP contribution in [-0.4, -0.2) is 16.7 Å². The molecule has 0 spiro atoms. The first-order valence-electron chi connectivity index (χ1n) is 4.08. The molecule has 0 amide bonds. The molecule has 0 saturated heterocycles. The summed E-state index contributed by atoms with van der Waals surface area (Å²) >= 11 is 0. The maximum atomic E-state index is 9.50. The lowest BCUT2D eigenvalue weighted by molar-refractivity contribution is 0.121. The number of hydrogen-bond acceptors (Lipinski definition) is 2. The number of aliphatic hydroxyl groups is 1. The van der Waals surface area contributed by atoms with Gasteiger partial charge in [-0.05, 0) is 31.3 Å². The van der Waals surface area contributed by atoms with Crippen LogP contribution in [0.1, 0.15) is 26.7 Å². The van der Waals surface area contributed by atoms with E-state index in [1.807, 2.05) is 6.92 Å². The molecule has 1 rings (SSSR count). The van der Waals surface area contributed by atoms with E-state index in [9.17, 15) is 5.11 Å². The zero-order valence-corrected chi connectivity index (χ0v) is 7.30. The van der Waals surface area contributed by atoms with Crippen LogP contribution in [0, 0.1) is 5.92 Å². The molecule has 1 unspecified atom stereocenters. The molecule has 64 valence electrons. The van der Waals surface area contributed by atoms with Gasteiger partial charge in [-0.15, -0.1) is 0 Å². The summed E-state index contributed by atoms with van der Waals surface area (Å²) in [6.07, 6.45) is 1.19. The minimum atomic E-state index is -0.395. The highest BCUT2D eigenvalue weighted by molar-refractivity contribution is 5.13. The number of hydrogen-bond donors (Lipinski definition) is 2. The standard InChI is InChI=1S/C9H17NO/c1-6-4-9(3,10)5-8(11)7(6)2/h6,8,11H,2,4-5,10H2,1,3H3/t6?,8-,9-/m1/s1. The van der Waals surface area contributed by atoms with Crippen molar-refractivity contribution in [3.05, 3.63) is 12.2 Å². The molecule has 3 N–H and O–H groups in total. The van der Waals surface area contributed by atoms with Crippen LogP contribution in [0.5, 0.6) is 0 Å². The topological polar surface area (TPSA) is 46.2 Å². The van der Waals surface area contributed by atoms with Crippen molar-refractivity contribution in [2.75, 3.05) is 0 Å². The van der Waals surface area contributed by atoms with Crippen LogP contribution < -0.4 is 5.73 Å². The molecule has 0 radical (unpaired) electrons. The first kappa shape index (κ1) is 8.75. The van der Waals surface area contributed by atoms with Crippen molar-refractivity contribution in [2.24, 2.45) is 11.7 Å². The first-order chi connectivity index (χ1) is 4.92. The summed E-state index contributed by atoms with van der Waals surface area (Å²) in [5, 5.41) is 9.50. The SMILES string of the molecule is C=C1C(C)C[C@@](C)(N)C[C@H]1O. The van der Waals surface area contributed by atoms with Gasteiger partial charge in [0, 0.05) is 5.54 Å². The summed E-state index contributed by atoms with van der Waals surface area (Å²) in [7, 11) is 0. The molecule has 11 heavy (non-hydrogen) atoms. The highest BCUT2D eigenvalue weighted by atomic mass is 16.3. The van der Waals surface area contributed by atoms with Crippen LogP contribution in [0.4, 0.5) is 0 Å². The molecule has 3 atom stereocenters. The second kappa shape index (κ2) is 2.61. The maximum Gasteiger partial charge on any atom is 0.0767 e. The molecule has 0 aromatic carbocycles. The van der Waals surface area contributed by atoms with Crippen LogP contribution in [-0.2, 0) is 0 Å². The molecule has 0 aromatic heterocycles. The Kier molecular flexibility index (Phi) is 2.08. The average molecular weight is 155 g/mol. The molecular weight excluding hydrogens is 138 g/mol. The second-order valence-corrected chi connectivity index (χ2v) is 4.05. The molecule has 0 aliphatic heterocycles. The van der Waals surface area contributed by atoms with Crippen LogP contribution in [0.15, 0.2) is 12.2 Å². The van der Waals surface area contributed by atoms with Gasteiger partial charge in [-0.25, -0.2) is 0 Å². The summed E-state index contributed by atoms with van der Waals surface area (Å²) in [4.78, 5) is 0. The van der Waals surface area contributed by atoms with E-state index in [4.69, 9.17) is 5.73 Å². The third-order valence-corrected chi connectivity index (χ3v) is 2.49. The zero-order chi connectivity index (χ0) is 8.65. The lowest BCUT2D eigenvalue weighted by atomic mass is 9.74. The third-order valence-electron chi connectivity index (χ3n) is 2.49. The van der Waals surface area contributed by atoms with E-state index >= 15 is 0 Å². The van der Waals surface area contributed by atoms with Gasteiger partial charge in [0.05, 0.1) is 6.10 Å². The molecule has 1 aliphatic carbocycles. The largest absolute Gasteiger partial charge is 0.389 e. The van der Waals surface area contributed by atoms with E-state index in [2.05, 4.69) is 13.5 Å². The Morgan fingerprint density at radius 3 is 2.64 bits per heavy atom. The Hall–Kier alpha value is -0.340. The van der Waals surface area contributed by atoms with Crippen LogP contribution in [0.25, 0.3) is 0 Å². The fourth-order valence-electron chi connectivity index (χ4n) is 1.82. The fourth-order valence-corrected chi connectivity index (χ4v) is 1.82. The lowest BCUT2D eigenvalue weighted by Crippen LogP contribution is -2.46. The van der Waals surface area contributed by atoms with Crippen LogP contribution in [0.2, 0.25) is 0 Å². The van der Waals surface area contributed by atoms with Gasteiger partial charge in [-0.1, -0.05) is 13.5 Å². The van der Waals surface area contributed by atoms with Crippen molar-refractivity contribution in [3.8, 4) is 0 Å². The molecule has 1 aliphatic rings. The van der Waals surface area contributed by atoms with E-state index in [1.54, 1.807) is 0 Å². The van der Waals surface area contributed by atoms with E-state index in [1.165, 1.54) is 0 Å². The van der Waals surface area contributed by atoms with Crippen molar-refractivity contribution in [1.29, 1.82) is 0 Å². The quantitative estimate of drug-likeness (QED) is 0.514. The Morgan fingerprint density at radius 1 is 1.64 bits per heavy atom. The number of rotatable bonds is 0. The molecule has 0 heterocycles. The normalized spacial score (nSPS) is 46.0. The fraction of sp³-hybridized carbons (Fsp3) is 0.778. The van der Waals surface area contributed by atoms with Crippen molar-refractivity contribution >= 4 is 0 Å². The highest BCUT2D eigenvalue weighted by Crippen LogP contribution is 2.33. The number of aliphatic hydroxyl groups excluding tert-OH is 1. The van der Waals surface area contributed by atoms with Crippen LogP contribution >= 0.6 is 0 Å². The highest BCUT2D eigenvalue weighted by Gasteiger charge is 2.33. The van der Waals surface area contributed by atoms with Crippen molar-refractivity contribution in [3.63, 3.8) is 0 Å². The van der Waals surface area contributed by atoms with Gasteiger partial charge in [0.25, 0.3) is 0 Å². The van der Waals surface area contributed by atoms with Gasteiger partial charge < -0.3 is 10.8 Å². The van der Waals surface area contributed by atoms with E-state index in [0.717, 1.165) is 12.0 Å². The van der Waals surface area contributed by atoms with Gasteiger partial charge in [-0.3, -0.25) is 0 Å². The van der Waals surface area contributed by atoms with Crippen LogP contribution in [0.3, 0.4) is 0 Å². The summed E-state index contributed by atoms with van der Waals surface area (Å²) in [5.41, 5.74) is 6.65. The smallest absolute Gasteiger partial charge is 0.0767 e. The molecule has 0 bridgehead atoms. The summed E-state index contributed by atoms with van der Waals surface area (Å²) in [6, 6.07) is 0. The van der Waals surface area contributed by atoms with Crippen molar-refractivity contribution < 1.29 is 5.11 Å². The Labute approximate surface area is 68.1 Å². The van der Waals surface area contributed by atoms with Gasteiger partial charge in [0.1, 0.15) is 0 Å². The van der Waals surface area contributed by atoms with E-state index < -0.39 is 6.10 Å². The van der Waals surface area contributed by atoms with Crippen molar-refractivity contribution in [1.82, 2.24) is 0 Å². The van der Waals surface area contributed by atoms with E-state index in [0.29, 0.717) is 12.3 Å². The van der Waals surface area contributed by atoms with Gasteiger partial charge in [0.15, 0.2) is 0 Å². The molecule has 0 aromatic rings. The molecule has 2 heteroatoms. The van der Waals surface area contributed by atoms with Gasteiger partial charge in [0.2, 0.25) is 0 Å². The predicted octanol–water partition coefficient (Wildman–Crippen LogP) is 1.05. The van der Waals surface area contributed by atoms with Gasteiger partial charge >= 0.3 is 0 Å². The summed E-state index contributed by atoms with van der Waals surface area (Å²) in [5.74, 6) is 0.355. The minimum absolute atomic E-state index is 0.208. The molecule has 2 nitrogen and oxygen atoms in total. The lowest BCUT2D eigenvalue weighted by Gasteiger charge is -2.38. The average Bonchev–Trinajstić information content (AvgIpc) is 1.81. The number of nitrogens with two attached hydrogens (primary N) is 1. The minimum Gasteiger partial charge on any atom is -0.389 e. The monoisotopic (exact) mass is 155 g/mol. The Balaban J connectivity index is 2.70. The second-order valence-electron chi connectivity index (χ2n) is 4.05.